The van der Waals surface area contributed by atoms with Crippen LogP contribution in [0, 0.1) is 0 Å². The van der Waals surface area contributed by atoms with Crippen LogP contribution in [0.5, 0.6) is 11.5 Å². The molecule has 86 valence electrons. The second-order valence-corrected chi connectivity index (χ2v) is 3.68. The first kappa shape index (κ1) is 12.5. The first-order valence-electron chi connectivity index (χ1n) is 4.20. The van der Waals surface area contributed by atoms with Gasteiger partial charge in [-0.2, -0.15) is 0 Å². The van der Waals surface area contributed by atoms with E-state index in [0.29, 0.717) is 10.2 Å². The Labute approximate surface area is 100 Å². The molecule has 0 aliphatic heterocycles. The number of ketones is 1. The molecule has 0 spiro atoms. The van der Waals surface area contributed by atoms with Crippen LogP contribution in [0.2, 0.25) is 0 Å². The van der Waals surface area contributed by atoms with Gasteiger partial charge >= 0.3 is 5.97 Å². The summed E-state index contributed by atoms with van der Waals surface area (Å²) in [7, 11) is 2.81. The minimum Gasteiger partial charge on any atom is -0.496 e. The fourth-order valence-electron chi connectivity index (χ4n) is 1.15. The highest BCUT2D eigenvalue weighted by Gasteiger charge is 2.21. The minimum atomic E-state index is -1.53. The highest BCUT2D eigenvalue weighted by molar-refractivity contribution is 9.10. The monoisotopic (exact) mass is 288 g/mol. The maximum Gasteiger partial charge on any atom is 0.377 e. The van der Waals surface area contributed by atoms with E-state index in [4.69, 9.17) is 14.6 Å². The molecular formula is C10H9BrO5. The zero-order valence-corrected chi connectivity index (χ0v) is 10.2. The maximum atomic E-state index is 11.3. The molecule has 1 N–H and O–H groups in total. The van der Waals surface area contributed by atoms with Gasteiger partial charge in [0.25, 0.3) is 5.78 Å². The molecule has 0 amide bonds. The van der Waals surface area contributed by atoms with E-state index in [9.17, 15) is 9.59 Å². The van der Waals surface area contributed by atoms with Gasteiger partial charge in [0.15, 0.2) is 0 Å². The second-order valence-electron chi connectivity index (χ2n) is 2.82. The topological polar surface area (TPSA) is 72.8 Å². The van der Waals surface area contributed by atoms with Crippen LogP contribution in [0.25, 0.3) is 0 Å². The van der Waals surface area contributed by atoms with Gasteiger partial charge in [0.2, 0.25) is 0 Å². The van der Waals surface area contributed by atoms with Gasteiger partial charge in [-0.3, -0.25) is 4.79 Å². The van der Waals surface area contributed by atoms with E-state index < -0.39 is 11.8 Å². The van der Waals surface area contributed by atoms with E-state index in [0.717, 1.165) is 0 Å². The predicted octanol–water partition coefficient (Wildman–Crippen LogP) is 1.73. The largest absolute Gasteiger partial charge is 0.496 e. The quantitative estimate of drug-likeness (QED) is 0.675. The number of carboxylic acids is 1. The molecule has 0 aliphatic carbocycles. The van der Waals surface area contributed by atoms with Gasteiger partial charge in [-0.1, -0.05) is 0 Å². The average molecular weight is 289 g/mol. The van der Waals surface area contributed by atoms with Gasteiger partial charge in [-0.25, -0.2) is 4.79 Å². The molecule has 0 aromatic heterocycles. The number of halogens is 1. The van der Waals surface area contributed by atoms with Crippen molar-refractivity contribution in [1.82, 2.24) is 0 Å². The van der Waals surface area contributed by atoms with Crippen LogP contribution < -0.4 is 9.47 Å². The molecule has 1 aromatic carbocycles. The third-order valence-corrected chi connectivity index (χ3v) is 2.53. The van der Waals surface area contributed by atoms with Crippen molar-refractivity contribution >= 4 is 27.7 Å². The summed E-state index contributed by atoms with van der Waals surface area (Å²) >= 11 is 3.16. The van der Waals surface area contributed by atoms with Crippen LogP contribution in [0.4, 0.5) is 0 Å². The number of hydrogen-bond acceptors (Lipinski definition) is 4. The van der Waals surface area contributed by atoms with Gasteiger partial charge in [0.05, 0.1) is 24.3 Å². The Morgan fingerprint density at radius 1 is 1.19 bits per heavy atom. The lowest BCUT2D eigenvalue weighted by atomic mass is 10.1. The Morgan fingerprint density at radius 2 is 1.75 bits per heavy atom. The fourth-order valence-corrected chi connectivity index (χ4v) is 1.66. The number of methoxy groups -OCH3 is 2. The Balaban J connectivity index is 3.34. The van der Waals surface area contributed by atoms with E-state index >= 15 is 0 Å². The number of ether oxygens (including phenoxy) is 2. The number of carboxylic acid groups (broad SMARTS) is 1. The van der Waals surface area contributed by atoms with Crippen molar-refractivity contribution in [2.45, 2.75) is 0 Å². The number of hydrogen-bond donors (Lipinski definition) is 1. The highest BCUT2D eigenvalue weighted by Crippen LogP contribution is 2.32. The lowest BCUT2D eigenvalue weighted by Gasteiger charge is -2.09. The number of carbonyl (C=O) groups excluding carboxylic acids is 1. The van der Waals surface area contributed by atoms with Crippen LogP contribution in [0.15, 0.2) is 16.6 Å². The zero-order chi connectivity index (χ0) is 12.3. The van der Waals surface area contributed by atoms with Gasteiger partial charge < -0.3 is 14.6 Å². The van der Waals surface area contributed by atoms with Crippen molar-refractivity contribution in [3.05, 3.63) is 22.2 Å². The lowest BCUT2D eigenvalue weighted by Crippen LogP contribution is -2.14. The molecule has 0 radical (unpaired) electrons. The van der Waals surface area contributed by atoms with Crippen LogP contribution >= 0.6 is 15.9 Å². The van der Waals surface area contributed by atoms with E-state index in [1.807, 2.05) is 0 Å². The number of Topliss-reactive ketones (excluding diaryl/α,β-unsaturated/α-hetero) is 1. The summed E-state index contributed by atoms with van der Waals surface area (Å²) in [5.41, 5.74) is -0.0253. The number of benzene rings is 1. The molecule has 0 unspecified atom stereocenters. The zero-order valence-electron chi connectivity index (χ0n) is 8.61. The molecule has 5 nitrogen and oxygen atoms in total. The summed E-state index contributed by atoms with van der Waals surface area (Å²) in [5.74, 6) is -1.94. The van der Waals surface area contributed by atoms with Gasteiger partial charge in [-0.05, 0) is 22.0 Å². The minimum absolute atomic E-state index is 0.0253. The lowest BCUT2D eigenvalue weighted by molar-refractivity contribution is -0.131. The Kier molecular flexibility index (Phi) is 3.89. The van der Waals surface area contributed by atoms with Crippen LogP contribution in [0.3, 0.4) is 0 Å². The summed E-state index contributed by atoms with van der Waals surface area (Å²) in [6.45, 7) is 0. The Bertz CT molecular complexity index is 441. The van der Waals surface area contributed by atoms with Crippen LogP contribution in [0.1, 0.15) is 10.4 Å². The molecule has 16 heavy (non-hydrogen) atoms. The van der Waals surface area contributed by atoms with E-state index in [1.165, 1.54) is 26.4 Å². The van der Waals surface area contributed by atoms with Crippen LogP contribution in [-0.4, -0.2) is 31.1 Å². The number of carbonyl (C=O) groups is 2. The molecule has 0 aliphatic rings. The molecular weight excluding hydrogens is 280 g/mol. The summed E-state index contributed by atoms with van der Waals surface area (Å²) in [5, 5.41) is 8.62. The summed E-state index contributed by atoms with van der Waals surface area (Å²) < 4.78 is 10.4. The van der Waals surface area contributed by atoms with Crippen molar-refractivity contribution in [1.29, 1.82) is 0 Å². The number of aliphatic carboxylic acids is 1. The molecule has 6 heteroatoms. The van der Waals surface area contributed by atoms with Gasteiger partial charge in [-0.15, -0.1) is 0 Å². The van der Waals surface area contributed by atoms with Crippen molar-refractivity contribution < 1.29 is 24.2 Å². The average Bonchev–Trinajstić information content (AvgIpc) is 2.27. The van der Waals surface area contributed by atoms with E-state index in [-0.39, 0.29) is 11.3 Å². The molecule has 0 atom stereocenters. The second kappa shape index (κ2) is 4.98. The van der Waals surface area contributed by atoms with Crippen molar-refractivity contribution in [3.8, 4) is 11.5 Å². The summed E-state index contributed by atoms with van der Waals surface area (Å²) in [6, 6.07) is 2.80. The molecule has 1 rings (SSSR count). The van der Waals surface area contributed by atoms with Crippen molar-refractivity contribution in [2.75, 3.05) is 14.2 Å². The summed E-state index contributed by atoms with van der Waals surface area (Å²) in [6.07, 6.45) is 0. The van der Waals surface area contributed by atoms with Crippen molar-refractivity contribution in [3.63, 3.8) is 0 Å². The smallest absolute Gasteiger partial charge is 0.377 e. The fraction of sp³-hybridized carbons (Fsp3) is 0.200. The maximum absolute atomic E-state index is 11.3. The highest BCUT2D eigenvalue weighted by atomic mass is 79.9. The molecule has 1 aromatic rings. The standard InChI is InChI=1S/C10H9BrO5/c1-15-7-4-8(16-2)6(11)3-5(7)9(12)10(13)14/h3-4H,1-2H3,(H,13,14). The first-order valence-corrected chi connectivity index (χ1v) is 4.99. The predicted molar refractivity (Wildman–Crippen MR) is 59.2 cm³/mol. The first-order chi connectivity index (χ1) is 7.51. The Hall–Kier alpha value is -1.56. The Morgan fingerprint density at radius 3 is 2.19 bits per heavy atom. The molecule has 0 bridgehead atoms. The van der Waals surface area contributed by atoms with Gasteiger partial charge in [0.1, 0.15) is 11.5 Å². The molecule has 0 saturated heterocycles. The third kappa shape index (κ3) is 2.33. The SMILES string of the molecule is COc1cc(OC)c(C(=O)C(=O)O)cc1Br. The van der Waals surface area contributed by atoms with Crippen molar-refractivity contribution in [2.24, 2.45) is 0 Å². The molecule has 0 fully saturated rings. The number of rotatable bonds is 4. The van der Waals surface area contributed by atoms with Gasteiger partial charge in [0, 0.05) is 6.07 Å². The summed E-state index contributed by atoms with van der Waals surface area (Å²) in [4.78, 5) is 21.9. The molecule has 0 heterocycles. The normalized spacial score (nSPS) is 9.69. The van der Waals surface area contributed by atoms with E-state index in [2.05, 4.69) is 15.9 Å². The third-order valence-electron chi connectivity index (χ3n) is 1.91. The van der Waals surface area contributed by atoms with E-state index in [1.54, 1.807) is 0 Å². The van der Waals surface area contributed by atoms with Crippen LogP contribution in [-0.2, 0) is 4.79 Å². The molecule has 0 saturated carbocycles.